The van der Waals surface area contributed by atoms with Crippen LogP contribution >= 0.6 is 0 Å². The molecule has 0 amide bonds. The zero-order valence-electron chi connectivity index (χ0n) is 13.0. The number of anilines is 1. The molecule has 0 saturated heterocycles. The van der Waals surface area contributed by atoms with Gasteiger partial charge >= 0.3 is 0 Å². The second-order valence-corrected chi connectivity index (χ2v) is 5.42. The zero-order valence-corrected chi connectivity index (χ0v) is 13.0. The van der Waals surface area contributed by atoms with Gasteiger partial charge in [0.05, 0.1) is 25.3 Å². The van der Waals surface area contributed by atoms with Crippen molar-refractivity contribution in [2.24, 2.45) is 0 Å². The molecule has 0 spiro atoms. The number of nitrogens with zero attached hydrogens (tertiary/aromatic N) is 1. The fourth-order valence-electron chi connectivity index (χ4n) is 3.26. The molecule has 1 aromatic heterocycles. The Kier molecular flexibility index (Phi) is 3.86. The van der Waals surface area contributed by atoms with Crippen molar-refractivity contribution in [1.29, 1.82) is 0 Å². The number of benzene rings is 1. The first-order valence-corrected chi connectivity index (χ1v) is 7.54. The number of aryl methyl sites for hydroxylation is 1. The lowest BCUT2D eigenvalue weighted by Gasteiger charge is -2.18. The summed E-state index contributed by atoms with van der Waals surface area (Å²) in [6, 6.07) is 3.88. The normalized spacial score (nSPS) is 14.4. The molecular weight excluding hydrogens is 264 g/mol. The monoisotopic (exact) mass is 286 g/mol. The molecule has 0 radical (unpaired) electrons. The van der Waals surface area contributed by atoms with Crippen molar-refractivity contribution in [2.45, 2.75) is 32.1 Å². The van der Waals surface area contributed by atoms with E-state index in [0.717, 1.165) is 40.9 Å². The van der Waals surface area contributed by atoms with Gasteiger partial charge in [-0.25, -0.2) is 4.98 Å². The van der Waals surface area contributed by atoms with Gasteiger partial charge < -0.3 is 14.8 Å². The number of hydrogen-bond acceptors (Lipinski definition) is 4. The van der Waals surface area contributed by atoms with Crippen LogP contribution in [0.4, 0.5) is 5.69 Å². The average Bonchev–Trinajstić information content (AvgIpc) is 2.76. The highest BCUT2D eigenvalue weighted by atomic mass is 16.5. The van der Waals surface area contributed by atoms with Gasteiger partial charge in [0.2, 0.25) is 0 Å². The lowest BCUT2D eigenvalue weighted by atomic mass is 10.0. The number of methoxy groups -OCH3 is 2. The average molecular weight is 286 g/mol. The maximum atomic E-state index is 5.56. The highest BCUT2D eigenvalue weighted by molar-refractivity contribution is 6.01. The van der Waals surface area contributed by atoms with Crippen molar-refractivity contribution in [3.63, 3.8) is 0 Å². The van der Waals surface area contributed by atoms with Crippen molar-refractivity contribution in [1.82, 2.24) is 4.98 Å². The van der Waals surface area contributed by atoms with E-state index in [2.05, 4.69) is 5.32 Å². The van der Waals surface area contributed by atoms with Crippen molar-refractivity contribution in [3.8, 4) is 11.5 Å². The summed E-state index contributed by atoms with van der Waals surface area (Å²) in [5.74, 6) is 1.64. The summed E-state index contributed by atoms with van der Waals surface area (Å²) >= 11 is 0. The van der Waals surface area contributed by atoms with Crippen LogP contribution in [0.25, 0.3) is 10.9 Å². The molecule has 0 aliphatic heterocycles. The van der Waals surface area contributed by atoms with Gasteiger partial charge in [0.15, 0.2) is 0 Å². The van der Waals surface area contributed by atoms with E-state index < -0.39 is 0 Å². The zero-order chi connectivity index (χ0) is 14.8. The summed E-state index contributed by atoms with van der Waals surface area (Å²) in [5.41, 5.74) is 4.58. The Hall–Kier alpha value is -1.97. The molecule has 1 aliphatic rings. The number of pyridine rings is 1. The Morgan fingerprint density at radius 3 is 2.43 bits per heavy atom. The Bertz CT molecular complexity index is 668. The van der Waals surface area contributed by atoms with Crippen LogP contribution in [0.2, 0.25) is 0 Å². The molecule has 0 unspecified atom stereocenters. The first-order chi connectivity index (χ1) is 10.3. The lowest BCUT2D eigenvalue weighted by Crippen LogP contribution is -2.05. The molecule has 21 heavy (non-hydrogen) atoms. The number of ether oxygens (including phenoxy) is 2. The number of nitrogens with one attached hydrogen (secondary N) is 1. The summed E-state index contributed by atoms with van der Waals surface area (Å²) in [6.45, 7) is 0. The van der Waals surface area contributed by atoms with Gasteiger partial charge in [-0.2, -0.15) is 0 Å². The van der Waals surface area contributed by atoms with Gasteiger partial charge in [-0.05, 0) is 43.4 Å². The smallest absolute Gasteiger partial charge is 0.145 e. The van der Waals surface area contributed by atoms with Gasteiger partial charge in [0.1, 0.15) is 17.0 Å². The Morgan fingerprint density at radius 2 is 1.71 bits per heavy atom. The van der Waals surface area contributed by atoms with Gasteiger partial charge in [-0.15, -0.1) is 0 Å². The second-order valence-electron chi connectivity index (χ2n) is 5.42. The minimum absolute atomic E-state index is 0.800. The van der Waals surface area contributed by atoms with Crippen LogP contribution in [-0.2, 0) is 12.8 Å². The van der Waals surface area contributed by atoms with E-state index in [4.69, 9.17) is 14.5 Å². The van der Waals surface area contributed by atoms with Gasteiger partial charge in [0.25, 0.3) is 0 Å². The van der Waals surface area contributed by atoms with E-state index in [-0.39, 0.29) is 0 Å². The van der Waals surface area contributed by atoms with E-state index >= 15 is 0 Å². The van der Waals surface area contributed by atoms with Crippen LogP contribution in [0.5, 0.6) is 11.5 Å². The predicted molar refractivity (Wildman–Crippen MR) is 85.7 cm³/mol. The highest BCUT2D eigenvalue weighted by Gasteiger charge is 2.20. The summed E-state index contributed by atoms with van der Waals surface area (Å²) < 4.78 is 11.1. The summed E-state index contributed by atoms with van der Waals surface area (Å²) in [4.78, 5) is 4.92. The van der Waals surface area contributed by atoms with Crippen LogP contribution in [0.3, 0.4) is 0 Å². The third-order valence-corrected chi connectivity index (χ3v) is 4.28. The number of fused-ring (bicyclic) bond motifs is 2. The van der Waals surface area contributed by atoms with Crippen molar-refractivity contribution in [3.05, 3.63) is 23.4 Å². The number of hydrogen-bond donors (Lipinski definition) is 1. The van der Waals surface area contributed by atoms with Crippen LogP contribution in [0, 0.1) is 0 Å². The predicted octanol–water partition coefficient (Wildman–Crippen LogP) is 3.56. The van der Waals surface area contributed by atoms with Crippen LogP contribution in [0.15, 0.2) is 12.1 Å². The molecule has 1 aromatic carbocycles. The van der Waals surface area contributed by atoms with Crippen molar-refractivity contribution < 1.29 is 9.47 Å². The Labute approximate surface area is 125 Å². The fourth-order valence-corrected chi connectivity index (χ4v) is 3.26. The summed E-state index contributed by atoms with van der Waals surface area (Å²) in [6.07, 6.45) is 5.82. The summed E-state index contributed by atoms with van der Waals surface area (Å²) in [5, 5.41) is 4.40. The quantitative estimate of drug-likeness (QED) is 0.876. The molecule has 0 fully saturated rings. The highest BCUT2D eigenvalue weighted by Crippen LogP contribution is 2.41. The first-order valence-electron chi connectivity index (χ1n) is 7.54. The minimum Gasteiger partial charge on any atom is -0.496 e. The van der Waals surface area contributed by atoms with Gasteiger partial charge in [-0.1, -0.05) is 6.42 Å². The van der Waals surface area contributed by atoms with E-state index in [1.54, 1.807) is 14.2 Å². The SMILES string of the molecule is CNc1c2c(nc3c(OC)ccc(OC)c13)CCCCC2. The molecular formula is C17H22N2O2. The third kappa shape index (κ3) is 2.28. The largest absolute Gasteiger partial charge is 0.496 e. The maximum Gasteiger partial charge on any atom is 0.145 e. The van der Waals surface area contributed by atoms with Crippen LogP contribution in [-0.4, -0.2) is 26.3 Å². The molecule has 3 rings (SSSR count). The molecule has 2 aromatic rings. The second kappa shape index (κ2) is 5.80. The van der Waals surface area contributed by atoms with Crippen LogP contribution < -0.4 is 14.8 Å². The van der Waals surface area contributed by atoms with E-state index in [1.807, 2.05) is 19.2 Å². The molecule has 1 aliphatic carbocycles. The molecule has 0 bridgehead atoms. The standard InChI is InChI=1S/C17H22N2O2/c1-18-16-11-7-5-4-6-8-12(11)19-17-14(21-3)10-9-13(20-2)15(16)17/h9-10H,4-8H2,1-3H3,(H,18,19). The molecule has 0 saturated carbocycles. The number of aromatic nitrogens is 1. The Morgan fingerprint density at radius 1 is 1.00 bits per heavy atom. The third-order valence-electron chi connectivity index (χ3n) is 4.28. The lowest BCUT2D eigenvalue weighted by molar-refractivity contribution is 0.409. The van der Waals surface area contributed by atoms with Gasteiger partial charge in [0, 0.05) is 12.7 Å². The number of rotatable bonds is 3. The van der Waals surface area contributed by atoms with Crippen LogP contribution in [0.1, 0.15) is 30.5 Å². The topological polar surface area (TPSA) is 43.4 Å². The summed E-state index contributed by atoms with van der Waals surface area (Å²) in [7, 11) is 5.36. The molecule has 1 heterocycles. The fraction of sp³-hybridized carbons (Fsp3) is 0.471. The van der Waals surface area contributed by atoms with Gasteiger partial charge in [-0.3, -0.25) is 0 Å². The molecule has 112 valence electrons. The van der Waals surface area contributed by atoms with E-state index in [0.29, 0.717) is 0 Å². The minimum atomic E-state index is 0.800. The molecule has 4 nitrogen and oxygen atoms in total. The van der Waals surface area contributed by atoms with E-state index in [9.17, 15) is 0 Å². The first kappa shape index (κ1) is 14.0. The molecule has 1 N–H and O–H groups in total. The van der Waals surface area contributed by atoms with E-state index in [1.165, 1.54) is 30.5 Å². The molecule has 0 atom stereocenters. The van der Waals surface area contributed by atoms with Crippen molar-refractivity contribution in [2.75, 3.05) is 26.6 Å². The molecule has 4 heteroatoms. The van der Waals surface area contributed by atoms with Crippen molar-refractivity contribution >= 4 is 16.6 Å². The maximum absolute atomic E-state index is 5.56. The Balaban J connectivity index is 2.38.